The van der Waals surface area contributed by atoms with Gasteiger partial charge in [0.05, 0.1) is 17.4 Å². The predicted octanol–water partition coefficient (Wildman–Crippen LogP) is 2.44. The molecule has 0 saturated carbocycles. The summed E-state index contributed by atoms with van der Waals surface area (Å²) in [6.07, 6.45) is -2.08. The maximum atomic E-state index is 12.7. The quantitative estimate of drug-likeness (QED) is 0.658. The van der Waals surface area contributed by atoms with E-state index >= 15 is 0 Å². The lowest BCUT2D eigenvalue weighted by Crippen LogP contribution is -2.45. The first-order valence-corrected chi connectivity index (χ1v) is 6.27. The van der Waals surface area contributed by atoms with Crippen LogP contribution in [0.3, 0.4) is 0 Å². The molecule has 0 aliphatic rings. The molecule has 8 heteroatoms. The van der Waals surface area contributed by atoms with Crippen LogP contribution in [0.5, 0.6) is 0 Å². The molecular formula is C13H13F4N3O. The average Bonchev–Trinajstić information content (AvgIpc) is 2.86. The summed E-state index contributed by atoms with van der Waals surface area (Å²) < 4.78 is 51.0. The molecule has 0 unspecified atom stereocenters. The molecular weight excluding hydrogens is 290 g/mol. The van der Waals surface area contributed by atoms with Crippen molar-refractivity contribution in [3.8, 4) is 0 Å². The number of aromatic nitrogens is 2. The molecule has 0 radical (unpaired) electrons. The highest BCUT2D eigenvalue weighted by atomic mass is 19.3. The van der Waals surface area contributed by atoms with Crippen LogP contribution < -0.4 is 5.32 Å². The van der Waals surface area contributed by atoms with Crippen LogP contribution in [0.15, 0.2) is 30.6 Å². The highest BCUT2D eigenvalue weighted by molar-refractivity contribution is 5.83. The summed E-state index contributed by atoms with van der Waals surface area (Å²) in [7, 11) is 0. The zero-order valence-corrected chi connectivity index (χ0v) is 10.9. The number of imidazole rings is 1. The number of fused-ring (bicyclic) bond motifs is 1. The van der Waals surface area contributed by atoms with Gasteiger partial charge in [0.25, 0.3) is 5.91 Å². The molecule has 114 valence electrons. The summed E-state index contributed by atoms with van der Waals surface area (Å²) in [5, 5.41) is 1.81. The van der Waals surface area contributed by atoms with E-state index in [1.54, 1.807) is 10.9 Å². The number of benzene rings is 1. The van der Waals surface area contributed by atoms with E-state index in [9.17, 15) is 22.4 Å². The molecule has 4 nitrogen and oxygen atoms in total. The fourth-order valence-electron chi connectivity index (χ4n) is 1.86. The van der Waals surface area contributed by atoms with Crippen LogP contribution in [0.2, 0.25) is 0 Å². The minimum atomic E-state index is -4.65. The largest absolute Gasteiger partial charge is 0.383 e. The average molecular weight is 303 g/mol. The molecule has 1 N–H and O–H groups in total. The summed E-state index contributed by atoms with van der Waals surface area (Å²) in [5.74, 6) is -6.60. The maximum Gasteiger partial charge on any atom is 0.383 e. The Hall–Kier alpha value is -2.12. The van der Waals surface area contributed by atoms with Gasteiger partial charge in [0, 0.05) is 13.1 Å². The van der Waals surface area contributed by atoms with Crippen molar-refractivity contribution in [1.82, 2.24) is 14.9 Å². The Balaban J connectivity index is 1.84. The van der Waals surface area contributed by atoms with Crippen molar-refractivity contribution >= 4 is 16.9 Å². The van der Waals surface area contributed by atoms with Crippen LogP contribution in [0, 0.1) is 0 Å². The number of aryl methyl sites for hydroxylation is 1. The first kappa shape index (κ1) is 15.3. The van der Waals surface area contributed by atoms with Crippen molar-refractivity contribution in [3.63, 3.8) is 0 Å². The number of para-hydroxylation sites is 2. The van der Waals surface area contributed by atoms with Crippen molar-refractivity contribution in [2.45, 2.75) is 25.3 Å². The Morgan fingerprint density at radius 1 is 1.33 bits per heavy atom. The van der Waals surface area contributed by atoms with E-state index < -0.39 is 18.3 Å². The molecule has 2 rings (SSSR count). The zero-order chi connectivity index (χ0) is 15.5. The number of nitrogens with zero attached hydrogens (tertiary/aromatic N) is 2. The van der Waals surface area contributed by atoms with Gasteiger partial charge in [-0.3, -0.25) is 4.79 Å². The summed E-state index contributed by atoms with van der Waals surface area (Å²) >= 11 is 0. The number of amides is 1. The number of carbonyl (C=O) groups excluding carboxylic acids is 1. The Morgan fingerprint density at radius 2 is 2.05 bits per heavy atom. The fraction of sp³-hybridized carbons (Fsp3) is 0.385. The first-order chi connectivity index (χ1) is 9.93. The number of carbonyl (C=O) groups is 1. The minimum Gasteiger partial charge on any atom is -0.351 e. The summed E-state index contributed by atoms with van der Waals surface area (Å²) in [5.41, 5.74) is 1.67. The van der Waals surface area contributed by atoms with E-state index in [2.05, 4.69) is 4.98 Å². The van der Waals surface area contributed by atoms with Crippen LogP contribution in [-0.2, 0) is 11.3 Å². The van der Waals surface area contributed by atoms with Gasteiger partial charge in [-0.05, 0) is 18.6 Å². The second-order valence-corrected chi connectivity index (χ2v) is 4.46. The van der Waals surface area contributed by atoms with Gasteiger partial charge in [-0.1, -0.05) is 12.1 Å². The second-order valence-electron chi connectivity index (χ2n) is 4.46. The monoisotopic (exact) mass is 303 g/mol. The van der Waals surface area contributed by atoms with Gasteiger partial charge in [-0.2, -0.15) is 8.78 Å². The smallest absolute Gasteiger partial charge is 0.351 e. The van der Waals surface area contributed by atoms with E-state index in [0.717, 1.165) is 11.0 Å². The Labute approximate surface area is 117 Å². The van der Waals surface area contributed by atoms with Gasteiger partial charge >= 0.3 is 12.3 Å². The number of hydrogen-bond acceptors (Lipinski definition) is 2. The SMILES string of the molecule is O=C(NCCCn1cnc2ccccc21)C(F)(F)C(F)F. The first-order valence-electron chi connectivity index (χ1n) is 6.27. The highest BCUT2D eigenvalue weighted by Crippen LogP contribution is 2.22. The molecule has 0 aliphatic heterocycles. The standard InChI is InChI=1S/C13H13F4N3O/c14-11(15)13(16,17)12(21)18-6-3-7-20-8-19-9-4-1-2-5-10(9)20/h1-2,4-5,8,11H,3,6-7H2,(H,18,21). The van der Waals surface area contributed by atoms with Crippen LogP contribution in [0.25, 0.3) is 11.0 Å². The fourth-order valence-corrected chi connectivity index (χ4v) is 1.86. The third kappa shape index (κ3) is 3.32. The van der Waals surface area contributed by atoms with E-state index in [1.165, 1.54) is 0 Å². The van der Waals surface area contributed by atoms with E-state index in [4.69, 9.17) is 0 Å². The third-order valence-corrected chi connectivity index (χ3v) is 2.97. The lowest BCUT2D eigenvalue weighted by molar-refractivity contribution is -0.169. The van der Waals surface area contributed by atoms with E-state index in [0.29, 0.717) is 13.0 Å². The number of hydrogen-bond donors (Lipinski definition) is 1. The summed E-state index contributed by atoms with van der Waals surface area (Å²) in [6.45, 7) is 0.314. The Bertz CT molecular complexity index is 627. The molecule has 1 heterocycles. The van der Waals surface area contributed by atoms with Gasteiger partial charge in [0.15, 0.2) is 0 Å². The minimum absolute atomic E-state index is 0.117. The van der Waals surface area contributed by atoms with Crippen molar-refractivity contribution in [2.24, 2.45) is 0 Å². The van der Waals surface area contributed by atoms with Crippen LogP contribution in [0.4, 0.5) is 17.6 Å². The molecule has 0 spiro atoms. The highest BCUT2D eigenvalue weighted by Gasteiger charge is 2.48. The molecule has 2 aromatic rings. The molecule has 0 fully saturated rings. The van der Waals surface area contributed by atoms with E-state index in [1.807, 2.05) is 29.6 Å². The lowest BCUT2D eigenvalue weighted by atomic mass is 10.3. The second kappa shape index (κ2) is 6.11. The summed E-state index contributed by atoms with van der Waals surface area (Å²) in [6, 6.07) is 7.36. The molecule has 21 heavy (non-hydrogen) atoms. The molecule has 1 amide bonds. The van der Waals surface area contributed by atoms with Gasteiger partial charge in [0.2, 0.25) is 0 Å². The molecule has 0 atom stereocenters. The lowest BCUT2D eigenvalue weighted by Gasteiger charge is -2.14. The number of rotatable bonds is 6. The molecule has 0 bridgehead atoms. The van der Waals surface area contributed by atoms with Crippen LogP contribution >= 0.6 is 0 Å². The Morgan fingerprint density at radius 3 is 2.76 bits per heavy atom. The number of nitrogens with one attached hydrogen (secondary N) is 1. The van der Waals surface area contributed by atoms with Crippen molar-refractivity contribution in [1.29, 1.82) is 0 Å². The Kier molecular flexibility index (Phi) is 4.44. The number of halogens is 4. The zero-order valence-electron chi connectivity index (χ0n) is 10.9. The van der Waals surface area contributed by atoms with Crippen LogP contribution in [0.1, 0.15) is 6.42 Å². The van der Waals surface area contributed by atoms with Crippen LogP contribution in [-0.4, -0.2) is 34.4 Å². The normalized spacial score (nSPS) is 12.0. The molecule has 0 aliphatic carbocycles. The van der Waals surface area contributed by atoms with Crippen molar-refractivity contribution in [3.05, 3.63) is 30.6 Å². The van der Waals surface area contributed by atoms with Crippen molar-refractivity contribution in [2.75, 3.05) is 6.54 Å². The number of alkyl halides is 4. The van der Waals surface area contributed by atoms with Crippen molar-refractivity contribution < 1.29 is 22.4 Å². The summed E-state index contributed by atoms with van der Waals surface area (Å²) in [4.78, 5) is 15.1. The topological polar surface area (TPSA) is 46.9 Å². The van der Waals surface area contributed by atoms with E-state index in [-0.39, 0.29) is 6.54 Å². The molecule has 0 saturated heterocycles. The maximum absolute atomic E-state index is 12.7. The predicted molar refractivity (Wildman–Crippen MR) is 68.3 cm³/mol. The molecule has 1 aromatic heterocycles. The molecule has 1 aromatic carbocycles. The third-order valence-electron chi connectivity index (χ3n) is 2.97. The van der Waals surface area contributed by atoms with Gasteiger partial charge in [-0.25, -0.2) is 13.8 Å². The van der Waals surface area contributed by atoms with Gasteiger partial charge in [-0.15, -0.1) is 0 Å². The van der Waals surface area contributed by atoms with Gasteiger partial charge < -0.3 is 9.88 Å². The van der Waals surface area contributed by atoms with Gasteiger partial charge in [0.1, 0.15) is 0 Å².